The zero-order valence-corrected chi connectivity index (χ0v) is 17.8. The zero-order chi connectivity index (χ0) is 21.0. The van der Waals surface area contributed by atoms with Crippen LogP contribution >= 0.6 is 0 Å². The first-order valence-electron chi connectivity index (χ1n) is 10.8. The molecule has 0 saturated carbocycles. The van der Waals surface area contributed by atoms with E-state index in [9.17, 15) is 14.4 Å². The number of anilines is 1. The third-order valence-electron chi connectivity index (χ3n) is 6.41. The molecule has 3 rings (SSSR count). The summed E-state index contributed by atoms with van der Waals surface area (Å²) in [5.74, 6) is 0.660. The maximum absolute atomic E-state index is 13.0. The predicted octanol–water partition coefficient (Wildman–Crippen LogP) is 2.93. The molecule has 6 nitrogen and oxygen atoms in total. The van der Waals surface area contributed by atoms with Crippen molar-refractivity contribution in [3.05, 3.63) is 29.8 Å². The molecule has 2 fully saturated rings. The minimum atomic E-state index is -0.264. The molecule has 3 amide bonds. The van der Waals surface area contributed by atoms with Crippen molar-refractivity contribution in [2.24, 2.45) is 11.8 Å². The quantitative estimate of drug-likeness (QED) is 0.800. The molecule has 0 bridgehead atoms. The van der Waals surface area contributed by atoms with Crippen LogP contribution in [0.3, 0.4) is 0 Å². The Hall–Kier alpha value is -2.37. The van der Waals surface area contributed by atoms with Crippen LogP contribution in [0.5, 0.6) is 0 Å². The Kier molecular flexibility index (Phi) is 6.93. The van der Waals surface area contributed by atoms with Crippen molar-refractivity contribution in [1.29, 1.82) is 0 Å². The number of nitrogens with zero attached hydrogens (tertiary/aromatic N) is 2. The van der Waals surface area contributed by atoms with Crippen LogP contribution in [0.4, 0.5) is 5.69 Å². The summed E-state index contributed by atoms with van der Waals surface area (Å²) in [5.41, 5.74) is 2.13. The van der Waals surface area contributed by atoms with E-state index in [1.165, 1.54) is 12.5 Å². The lowest BCUT2D eigenvalue weighted by atomic mass is 9.95. The average Bonchev–Trinajstić information content (AvgIpc) is 3.13. The lowest BCUT2D eigenvalue weighted by molar-refractivity contribution is -0.137. The van der Waals surface area contributed by atoms with Crippen molar-refractivity contribution in [3.8, 4) is 0 Å². The van der Waals surface area contributed by atoms with E-state index in [2.05, 4.69) is 25.2 Å². The van der Waals surface area contributed by atoms with E-state index in [0.29, 0.717) is 44.4 Å². The SMILES string of the molecule is CCC(C)c1ccccc1N1CC(C(=O)N2CCC(CNC(C)=O)CC2)CC1=O. The van der Waals surface area contributed by atoms with Crippen LogP contribution in [-0.2, 0) is 14.4 Å². The van der Waals surface area contributed by atoms with E-state index in [4.69, 9.17) is 0 Å². The first kappa shape index (κ1) is 21.3. The van der Waals surface area contributed by atoms with Crippen LogP contribution in [0, 0.1) is 11.8 Å². The van der Waals surface area contributed by atoms with E-state index in [0.717, 1.165) is 24.9 Å². The van der Waals surface area contributed by atoms with Gasteiger partial charge in [0.15, 0.2) is 0 Å². The zero-order valence-electron chi connectivity index (χ0n) is 17.8. The molecular formula is C23H33N3O3. The summed E-state index contributed by atoms with van der Waals surface area (Å²) in [4.78, 5) is 40.6. The number of para-hydroxylation sites is 1. The first-order chi connectivity index (χ1) is 13.9. The number of carbonyl (C=O) groups is 3. The number of carbonyl (C=O) groups excluding carboxylic acids is 3. The molecule has 1 N–H and O–H groups in total. The second-order valence-electron chi connectivity index (χ2n) is 8.48. The Bertz CT molecular complexity index is 755. The molecule has 29 heavy (non-hydrogen) atoms. The van der Waals surface area contributed by atoms with Gasteiger partial charge in [-0.2, -0.15) is 0 Å². The van der Waals surface area contributed by atoms with Crippen LogP contribution in [0.15, 0.2) is 24.3 Å². The van der Waals surface area contributed by atoms with Crippen molar-refractivity contribution < 1.29 is 14.4 Å². The summed E-state index contributed by atoms with van der Waals surface area (Å²) < 4.78 is 0. The monoisotopic (exact) mass is 399 g/mol. The van der Waals surface area contributed by atoms with Crippen LogP contribution in [0.25, 0.3) is 0 Å². The van der Waals surface area contributed by atoms with E-state index in [-0.39, 0.29) is 23.6 Å². The van der Waals surface area contributed by atoms with Gasteiger partial charge in [-0.15, -0.1) is 0 Å². The Labute approximate surface area is 173 Å². The molecule has 0 aliphatic carbocycles. The normalized spacial score (nSPS) is 21.3. The highest BCUT2D eigenvalue weighted by Gasteiger charge is 2.38. The van der Waals surface area contributed by atoms with E-state index >= 15 is 0 Å². The summed E-state index contributed by atoms with van der Waals surface area (Å²) in [6.45, 7) is 8.41. The fourth-order valence-corrected chi connectivity index (χ4v) is 4.38. The van der Waals surface area contributed by atoms with Gasteiger partial charge in [0, 0.05) is 45.2 Å². The van der Waals surface area contributed by atoms with Gasteiger partial charge < -0.3 is 15.1 Å². The lowest BCUT2D eigenvalue weighted by Crippen LogP contribution is -2.44. The molecule has 2 saturated heterocycles. The Morgan fingerprint density at radius 3 is 2.55 bits per heavy atom. The minimum absolute atomic E-state index is 0.00858. The number of likely N-dealkylation sites (tertiary alicyclic amines) is 1. The molecule has 2 unspecified atom stereocenters. The van der Waals surface area contributed by atoms with Gasteiger partial charge in [0.2, 0.25) is 17.7 Å². The average molecular weight is 400 g/mol. The molecule has 2 aliphatic heterocycles. The number of piperidine rings is 1. The maximum Gasteiger partial charge on any atom is 0.228 e. The summed E-state index contributed by atoms with van der Waals surface area (Å²) in [5, 5.41) is 2.87. The maximum atomic E-state index is 13.0. The minimum Gasteiger partial charge on any atom is -0.356 e. The molecule has 0 aromatic heterocycles. The molecule has 2 heterocycles. The molecular weight excluding hydrogens is 366 g/mol. The topological polar surface area (TPSA) is 69.7 Å². The number of benzene rings is 1. The molecule has 0 spiro atoms. The first-order valence-corrected chi connectivity index (χ1v) is 10.8. The summed E-state index contributed by atoms with van der Waals surface area (Å²) in [7, 11) is 0. The molecule has 1 aromatic rings. The second-order valence-corrected chi connectivity index (χ2v) is 8.48. The third kappa shape index (κ3) is 4.98. The summed E-state index contributed by atoms with van der Waals surface area (Å²) in [6, 6.07) is 8.06. The number of nitrogens with one attached hydrogen (secondary N) is 1. The smallest absolute Gasteiger partial charge is 0.228 e. The van der Waals surface area contributed by atoms with Gasteiger partial charge in [-0.25, -0.2) is 0 Å². The van der Waals surface area contributed by atoms with Gasteiger partial charge in [-0.1, -0.05) is 32.0 Å². The van der Waals surface area contributed by atoms with Crippen molar-refractivity contribution in [1.82, 2.24) is 10.2 Å². The second kappa shape index (κ2) is 9.42. The third-order valence-corrected chi connectivity index (χ3v) is 6.41. The Morgan fingerprint density at radius 2 is 1.90 bits per heavy atom. The fraction of sp³-hybridized carbons (Fsp3) is 0.609. The van der Waals surface area contributed by atoms with Crippen LogP contribution in [0.1, 0.15) is 57.9 Å². The number of hydrogen-bond donors (Lipinski definition) is 1. The van der Waals surface area contributed by atoms with Crippen molar-refractivity contribution in [2.75, 3.05) is 31.1 Å². The Balaban J connectivity index is 1.61. The van der Waals surface area contributed by atoms with Crippen molar-refractivity contribution in [3.63, 3.8) is 0 Å². The largest absolute Gasteiger partial charge is 0.356 e. The highest BCUT2D eigenvalue weighted by molar-refractivity contribution is 6.01. The molecule has 6 heteroatoms. The lowest BCUT2D eigenvalue weighted by Gasteiger charge is -2.33. The molecule has 2 aliphatic rings. The van der Waals surface area contributed by atoms with Gasteiger partial charge in [-0.3, -0.25) is 14.4 Å². The number of amides is 3. The number of hydrogen-bond acceptors (Lipinski definition) is 3. The standard InChI is InChI=1S/C23H33N3O3/c1-4-16(2)20-7-5-6-8-21(20)26-15-19(13-22(26)28)23(29)25-11-9-18(10-12-25)14-24-17(3)27/h5-8,16,18-19H,4,9-15H2,1-3H3,(H,24,27). The van der Waals surface area contributed by atoms with Gasteiger partial charge in [0.25, 0.3) is 0 Å². The molecule has 0 radical (unpaired) electrons. The van der Waals surface area contributed by atoms with Crippen LogP contribution < -0.4 is 10.2 Å². The summed E-state index contributed by atoms with van der Waals surface area (Å²) in [6.07, 6.45) is 3.09. The molecule has 2 atom stereocenters. The predicted molar refractivity (Wildman–Crippen MR) is 114 cm³/mol. The van der Waals surface area contributed by atoms with Crippen LogP contribution in [0.2, 0.25) is 0 Å². The van der Waals surface area contributed by atoms with E-state index < -0.39 is 0 Å². The Morgan fingerprint density at radius 1 is 1.21 bits per heavy atom. The van der Waals surface area contributed by atoms with Gasteiger partial charge in [0.05, 0.1) is 5.92 Å². The van der Waals surface area contributed by atoms with Crippen molar-refractivity contribution >= 4 is 23.4 Å². The van der Waals surface area contributed by atoms with Gasteiger partial charge >= 0.3 is 0 Å². The fourth-order valence-electron chi connectivity index (χ4n) is 4.38. The summed E-state index contributed by atoms with van der Waals surface area (Å²) >= 11 is 0. The molecule has 1 aromatic carbocycles. The van der Waals surface area contributed by atoms with E-state index in [1.807, 2.05) is 28.0 Å². The highest BCUT2D eigenvalue weighted by Crippen LogP contribution is 2.34. The van der Waals surface area contributed by atoms with Crippen LogP contribution in [-0.4, -0.2) is 48.8 Å². The highest BCUT2D eigenvalue weighted by atomic mass is 16.2. The van der Waals surface area contributed by atoms with Crippen molar-refractivity contribution in [2.45, 2.75) is 52.4 Å². The van der Waals surface area contributed by atoms with Gasteiger partial charge in [-0.05, 0) is 42.7 Å². The van der Waals surface area contributed by atoms with Gasteiger partial charge in [0.1, 0.15) is 0 Å². The number of rotatable bonds is 6. The molecule has 158 valence electrons. The van der Waals surface area contributed by atoms with E-state index in [1.54, 1.807) is 0 Å².